The number of benzene rings is 3. The van der Waals surface area contributed by atoms with Gasteiger partial charge in [0.15, 0.2) is 0 Å². The van der Waals surface area contributed by atoms with Gasteiger partial charge in [-0.3, -0.25) is 9.59 Å². The number of aliphatic hydroxyl groups excluding tert-OH is 1. The van der Waals surface area contributed by atoms with Gasteiger partial charge in [0.05, 0.1) is 11.6 Å². The molecule has 1 saturated heterocycles. The van der Waals surface area contributed by atoms with Crippen molar-refractivity contribution in [2.24, 2.45) is 0 Å². The Morgan fingerprint density at radius 2 is 1.85 bits per heavy atom. The fourth-order valence-electron chi connectivity index (χ4n) is 5.25. The van der Waals surface area contributed by atoms with Crippen LogP contribution in [0.4, 0.5) is 0 Å². The molecule has 2 aliphatic rings. The first-order valence-electron chi connectivity index (χ1n) is 13.3. The third-order valence-electron chi connectivity index (χ3n) is 7.14. The highest BCUT2D eigenvalue weighted by Gasteiger charge is 2.46. The Morgan fingerprint density at radius 3 is 2.62 bits per heavy atom. The number of carbonyl (C=O) groups is 2. The van der Waals surface area contributed by atoms with Crippen LogP contribution in [-0.4, -0.2) is 59.9 Å². The Hall–Kier alpha value is -4.10. The molecule has 1 N–H and O–H groups in total. The molecule has 1 amide bonds. The Morgan fingerprint density at radius 1 is 1.05 bits per heavy atom. The number of hydrogen-bond acceptors (Lipinski definition) is 6. The van der Waals surface area contributed by atoms with Crippen molar-refractivity contribution in [3.05, 3.63) is 101 Å². The van der Waals surface area contributed by atoms with E-state index in [2.05, 4.69) is 0 Å². The maximum Gasteiger partial charge on any atom is 0.295 e. The number of rotatable bonds is 9. The molecule has 202 valence electrons. The lowest BCUT2D eigenvalue weighted by atomic mass is 9.94. The largest absolute Gasteiger partial charge is 0.507 e. The van der Waals surface area contributed by atoms with Crippen LogP contribution in [0.2, 0.25) is 0 Å². The molecule has 0 bridgehead atoms. The molecule has 0 aromatic heterocycles. The van der Waals surface area contributed by atoms with Gasteiger partial charge < -0.3 is 24.4 Å². The average molecular weight is 527 g/mol. The van der Waals surface area contributed by atoms with Crippen LogP contribution in [0.3, 0.4) is 0 Å². The molecule has 7 heteroatoms. The van der Waals surface area contributed by atoms with Crippen LogP contribution in [0.1, 0.15) is 41.6 Å². The number of Topliss-reactive ketones (excluding diaryl/α,β-unsaturated/α-hetero) is 1. The highest BCUT2D eigenvalue weighted by molar-refractivity contribution is 6.46. The van der Waals surface area contributed by atoms with Gasteiger partial charge in [-0.25, -0.2) is 0 Å². The highest BCUT2D eigenvalue weighted by Crippen LogP contribution is 2.41. The van der Waals surface area contributed by atoms with Crippen LogP contribution in [0.5, 0.6) is 11.5 Å². The average Bonchev–Trinajstić information content (AvgIpc) is 3.43. The summed E-state index contributed by atoms with van der Waals surface area (Å²) >= 11 is 0. The molecule has 2 aliphatic heterocycles. The smallest absolute Gasteiger partial charge is 0.295 e. The predicted octanol–water partition coefficient (Wildman–Crippen LogP) is 4.96. The molecule has 3 aromatic carbocycles. The van der Waals surface area contributed by atoms with E-state index in [1.165, 1.54) is 0 Å². The first-order valence-corrected chi connectivity index (χ1v) is 13.3. The summed E-state index contributed by atoms with van der Waals surface area (Å²) in [6.07, 6.45) is 1.47. The minimum atomic E-state index is -0.726. The lowest BCUT2D eigenvalue weighted by Crippen LogP contribution is -2.32. The number of carbonyl (C=O) groups excluding carboxylic acids is 2. The Kier molecular flexibility index (Phi) is 7.70. The summed E-state index contributed by atoms with van der Waals surface area (Å²) in [4.78, 5) is 30.3. The molecule has 0 aliphatic carbocycles. The number of fused-ring (bicyclic) bond motifs is 1. The first kappa shape index (κ1) is 26.5. The number of amides is 1. The molecular weight excluding hydrogens is 492 g/mol. The maximum absolute atomic E-state index is 13.4. The number of likely N-dealkylation sites (tertiary alicyclic amines) is 1. The van der Waals surface area contributed by atoms with Gasteiger partial charge in [-0.1, -0.05) is 42.5 Å². The van der Waals surface area contributed by atoms with Crippen LogP contribution in [-0.2, 0) is 22.6 Å². The van der Waals surface area contributed by atoms with Crippen molar-refractivity contribution in [2.75, 3.05) is 27.2 Å². The summed E-state index contributed by atoms with van der Waals surface area (Å²) in [6.45, 7) is 3.53. The van der Waals surface area contributed by atoms with Crippen molar-refractivity contribution in [3.8, 4) is 11.5 Å². The zero-order valence-corrected chi connectivity index (χ0v) is 22.6. The number of nitrogens with zero attached hydrogens (tertiary/aromatic N) is 2. The van der Waals surface area contributed by atoms with E-state index >= 15 is 0 Å². The zero-order valence-electron chi connectivity index (χ0n) is 22.6. The molecule has 0 unspecified atom stereocenters. The summed E-state index contributed by atoms with van der Waals surface area (Å²) in [6, 6.07) is 22.0. The third kappa shape index (κ3) is 5.68. The van der Waals surface area contributed by atoms with Gasteiger partial charge >= 0.3 is 0 Å². The highest BCUT2D eigenvalue weighted by atomic mass is 16.5. The van der Waals surface area contributed by atoms with Gasteiger partial charge in [0.1, 0.15) is 30.0 Å². The second-order valence-corrected chi connectivity index (χ2v) is 10.5. The summed E-state index contributed by atoms with van der Waals surface area (Å²) in [5.74, 6) is -0.0505. The Balaban J connectivity index is 1.52. The van der Waals surface area contributed by atoms with Gasteiger partial charge in [0.25, 0.3) is 11.7 Å². The quantitative estimate of drug-likeness (QED) is 0.241. The molecule has 1 fully saturated rings. The zero-order chi connectivity index (χ0) is 27.5. The van der Waals surface area contributed by atoms with E-state index in [1.807, 2.05) is 92.6 Å². The van der Waals surface area contributed by atoms with Gasteiger partial charge in [0.2, 0.25) is 0 Å². The van der Waals surface area contributed by atoms with Crippen molar-refractivity contribution in [2.45, 2.75) is 38.5 Å². The molecule has 5 rings (SSSR count). The van der Waals surface area contributed by atoms with Crippen LogP contribution < -0.4 is 9.47 Å². The molecule has 3 aromatic rings. The van der Waals surface area contributed by atoms with Crippen molar-refractivity contribution in [1.29, 1.82) is 0 Å². The first-order chi connectivity index (χ1) is 18.8. The lowest BCUT2D eigenvalue weighted by Gasteiger charge is -2.26. The minimum Gasteiger partial charge on any atom is -0.507 e. The normalized spacial score (nSPS) is 19.8. The van der Waals surface area contributed by atoms with E-state index in [9.17, 15) is 14.7 Å². The minimum absolute atomic E-state index is 0.0540. The van der Waals surface area contributed by atoms with E-state index in [0.29, 0.717) is 36.4 Å². The van der Waals surface area contributed by atoms with Gasteiger partial charge in [-0.15, -0.1) is 0 Å². The van der Waals surface area contributed by atoms with Crippen molar-refractivity contribution < 1.29 is 24.2 Å². The van der Waals surface area contributed by atoms with E-state index in [-0.39, 0.29) is 17.4 Å². The standard InChI is InChI=1S/C32H34N2O5/c1-21-17-25-18-24(13-14-27(25)39-21)30(35)28-29(34(32(37)31(28)36)16-8-15-33(2)3)23-11-7-12-26(19-23)38-20-22-9-5-4-6-10-22/h4-7,9-14,18-19,21,29,35H,8,15-17,20H2,1-3H3/b30-28+/t21-,29+/m1/s1. The molecule has 2 heterocycles. The maximum atomic E-state index is 13.4. The second-order valence-electron chi connectivity index (χ2n) is 10.5. The number of ketones is 1. The SMILES string of the molecule is C[C@@H]1Cc2cc(/C(O)=C3\C(=O)C(=O)N(CCCN(C)C)[C@H]3c3cccc(OCc4ccccc4)c3)ccc2O1. The fraction of sp³-hybridized carbons (Fsp3) is 0.312. The lowest BCUT2D eigenvalue weighted by molar-refractivity contribution is -0.139. The second kappa shape index (κ2) is 11.3. The molecule has 2 atom stereocenters. The summed E-state index contributed by atoms with van der Waals surface area (Å²) in [5, 5.41) is 11.5. The third-order valence-corrected chi connectivity index (χ3v) is 7.14. The van der Waals surface area contributed by atoms with Gasteiger partial charge in [-0.2, -0.15) is 0 Å². The van der Waals surface area contributed by atoms with Crippen LogP contribution in [0.25, 0.3) is 5.76 Å². The van der Waals surface area contributed by atoms with Crippen molar-refractivity contribution >= 4 is 17.4 Å². The van der Waals surface area contributed by atoms with E-state index in [0.717, 1.165) is 29.8 Å². The summed E-state index contributed by atoms with van der Waals surface area (Å²) in [5.41, 5.74) is 3.31. The number of ether oxygens (including phenoxy) is 2. The van der Waals surface area contributed by atoms with Gasteiger partial charge in [-0.05, 0) is 81.0 Å². The molecule has 7 nitrogen and oxygen atoms in total. The molecule has 39 heavy (non-hydrogen) atoms. The Labute approximate surface area is 229 Å². The van der Waals surface area contributed by atoms with Crippen LogP contribution in [0.15, 0.2) is 78.4 Å². The van der Waals surface area contributed by atoms with Crippen molar-refractivity contribution in [3.63, 3.8) is 0 Å². The number of hydrogen-bond donors (Lipinski definition) is 1. The summed E-state index contributed by atoms with van der Waals surface area (Å²) < 4.78 is 11.8. The molecule has 0 saturated carbocycles. The van der Waals surface area contributed by atoms with E-state index in [1.54, 1.807) is 11.0 Å². The number of aliphatic hydroxyl groups is 1. The summed E-state index contributed by atoms with van der Waals surface area (Å²) in [7, 11) is 3.94. The fourth-order valence-corrected chi connectivity index (χ4v) is 5.25. The molecule has 0 radical (unpaired) electrons. The molecule has 0 spiro atoms. The Bertz CT molecular complexity index is 1400. The monoisotopic (exact) mass is 526 g/mol. The van der Waals surface area contributed by atoms with Crippen LogP contribution >= 0.6 is 0 Å². The topological polar surface area (TPSA) is 79.3 Å². The van der Waals surface area contributed by atoms with E-state index < -0.39 is 17.7 Å². The molecular formula is C32H34N2O5. The van der Waals surface area contributed by atoms with E-state index in [4.69, 9.17) is 9.47 Å². The van der Waals surface area contributed by atoms with Crippen molar-refractivity contribution in [1.82, 2.24) is 9.80 Å². The van der Waals surface area contributed by atoms with Gasteiger partial charge in [0, 0.05) is 18.5 Å². The van der Waals surface area contributed by atoms with Crippen LogP contribution in [0, 0.1) is 0 Å². The predicted molar refractivity (Wildman–Crippen MR) is 150 cm³/mol.